The second-order valence-electron chi connectivity index (χ2n) is 11.7. The lowest BCUT2D eigenvalue weighted by Gasteiger charge is -2.44. The summed E-state index contributed by atoms with van der Waals surface area (Å²) in [4.78, 5) is 10.9. The van der Waals surface area contributed by atoms with E-state index in [2.05, 4.69) is 46.4 Å². The van der Waals surface area contributed by atoms with E-state index >= 15 is 0 Å². The Morgan fingerprint density at radius 1 is 1.24 bits per heavy atom. The Balaban J connectivity index is 1.83. The van der Waals surface area contributed by atoms with Crippen molar-refractivity contribution in [2.24, 2.45) is 29.1 Å². The number of carbonyl (C=O) groups is 1. The van der Waals surface area contributed by atoms with E-state index in [1.165, 1.54) is 44.9 Å². The summed E-state index contributed by atoms with van der Waals surface area (Å²) in [6.45, 7) is 14.6. The molecule has 0 spiro atoms. The number of hydrogen-bond acceptors (Lipinski definition) is 3. The molecule has 3 heteroatoms. The number of nitrogens with zero attached hydrogens (tertiary/aromatic N) is 1. The fourth-order valence-electron chi connectivity index (χ4n) is 7.30. The molecular formula is C30H45NO2. The molecule has 0 saturated heterocycles. The maximum absolute atomic E-state index is 10.9. The van der Waals surface area contributed by atoms with Gasteiger partial charge in [0.25, 0.3) is 6.47 Å². The molecule has 0 bridgehead atoms. The minimum atomic E-state index is -0.0886. The van der Waals surface area contributed by atoms with Crippen LogP contribution in [0.15, 0.2) is 34.9 Å². The fraction of sp³-hybridized carbons (Fsp3) is 0.733. The lowest BCUT2D eigenvalue weighted by molar-refractivity contribution is -0.133. The van der Waals surface area contributed by atoms with E-state index in [4.69, 9.17) is 4.74 Å². The van der Waals surface area contributed by atoms with Crippen molar-refractivity contribution in [1.82, 2.24) is 0 Å². The highest BCUT2D eigenvalue weighted by Crippen LogP contribution is 2.60. The number of hydrogen-bond donors (Lipinski definition) is 0. The van der Waals surface area contributed by atoms with Crippen molar-refractivity contribution in [3.63, 3.8) is 0 Å². The van der Waals surface area contributed by atoms with Crippen LogP contribution in [0.2, 0.25) is 0 Å². The molecule has 3 fully saturated rings. The molecule has 3 aliphatic rings. The summed E-state index contributed by atoms with van der Waals surface area (Å²) in [5.74, 6) is 3.03. The maximum atomic E-state index is 10.9. The molecule has 3 nitrogen and oxygen atoms in total. The third-order valence-electron chi connectivity index (χ3n) is 9.06. The summed E-state index contributed by atoms with van der Waals surface area (Å²) in [5.41, 5.74) is 5.34. The maximum Gasteiger partial charge on any atom is 0.293 e. The van der Waals surface area contributed by atoms with Gasteiger partial charge in [0.05, 0.1) is 12.5 Å². The van der Waals surface area contributed by atoms with E-state index in [1.54, 1.807) is 5.57 Å². The van der Waals surface area contributed by atoms with Gasteiger partial charge in [0.15, 0.2) is 0 Å². The van der Waals surface area contributed by atoms with Gasteiger partial charge in [0.1, 0.15) is 6.10 Å². The van der Waals surface area contributed by atoms with Crippen molar-refractivity contribution in [3.05, 3.63) is 34.9 Å². The van der Waals surface area contributed by atoms with Gasteiger partial charge in [-0.1, -0.05) is 70.8 Å². The standard InChI is InChI=1S/C30H45NO2/c1-21(2)8-6-9-23(4)28-13-14-29-25(10-7-16-30(28,29)5)18-24(15-17-31)27-19-26(33-20-32)12-11-22(27)3/h18,20-21,23,26,28-29H,3,6-16,19H2,1-2,4-5H3/b25-18+,27-24+/t23-,26+,28-,29+,30-/m1/s1. The van der Waals surface area contributed by atoms with Gasteiger partial charge in [0, 0.05) is 6.42 Å². The molecule has 5 atom stereocenters. The molecule has 0 unspecified atom stereocenters. The Labute approximate surface area is 202 Å². The number of allylic oxidation sites excluding steroid dienone is 4. The minimum Gasteiger partial charge on any atom is -0.464 e. The van der Waals surface area contributed by atoms with Crippen LogP contribution in [0.4, 0.5) is 0 Å². The lowest BCUT2D eigenvalue weighted by Crippen LogP contribution is -2.36. The fourth-order valence-corrected chi connectivity index (χ4v) is 7.30. The first-order chi connectivity index (χ1) is 15.8. The molecule has 182 valence electrons. The normalized spacial score (nSPS) is 33.5. The van der Waals surface area contributed by atoms with Gasteiger partial charge in [-0.05, 0) is 85.2 Å². The molecule has 0 aromatic heterocycles. The Morgan fingerprint density at radius 3 is 2.73 bits per heavy atom. The molecule has 3 saturated carbocycles. The minimum absolute atomic E-state index is 0.0886. The van der Waals surface area contributed by atoms with Gasteiger partial charge >= 0.3 is 0 Å². The molecule has 0 aromatic carbocycles. The van der Waals surface area contributed by atoms with E-state index in [9.17, 15) is 10.1 Å². The molecule has 33 heavy (non-hydrogen) atoms. The van der Waals surface area contributed by atoms with Crippen molar-refractivity contribution in [3.8, 4) is 6.07 Å². The molecule has 0 heterocycles. The van der Waals surface area contributed by atoms with Crippen LogP contribution in [0.1, 0.15) is 105 Å². The molecule has 0 aromatic rings. The molecule has 0 amide bonds. The molecule has 3 aliphatic carbocycles. The van der Waals surface area contributed by atoms with Crippen LogP contribution in [0.25, 0.3) is 0 Å². The van der Waals surface area contributed by atoms with Crippen LogP contribution in [0, 0.1) is 40.4 Å². The van der Waals surface area contributed by atoms with E-state index < -0.39 is 0 Å². The van der Waals surface area contributed by atoms with E-state index in [0.717, 1.165) is 53.7 Å². The second-order valence-corrected chi connectivity index (χ2v) is 11.7. The SMILES string of the molecule is C=C1CC[C@H](OC=O)C/C1=C(\C=C1/CCC[C@]2(C)[C@@H]([C@H](C)CCCC(C)C)CC[C@@H]12)CC#N. The van der Waals surface area contributed by atoms with Crippen LogP contribution in [0.5, 0.6) is 0 Å². The topological polar surface area (TPSA) is 50.1 Å². The van der Waals surface area contributed by atoms with Crippen LogP contribution >= 0.6 is 0 Å². The quantitative estimate of drug-likeness (QED) is 0.333. The highest BCUT2D eigenvalue weighted by molar-refractivity contribution is 5.45. The average molecular weight is 452 g/mol. The Kier molecular flexibility index (Phi) is 9.02. The molecule has 0 radical (unpaired) electrons. The van der Waals surface area contributed by atoms with Gasteiger partial charge in [-0.2, -0.15) is 5.26 Å². The zero-order chi connectivity index (χ0) is 24.0. The van der Waals surface area contributed by atoms with E-state index in [0.29, 0.717) is 30.6 Å². The Morgan fingerprint density at radius 2 is 2.03 bits per heavy atom. The number of fused-ring (bicyclic) bond motifs is 1. The number of carbonyl (C=O) groups excluding carboxylic acids is 1. The molecule has 0 aliphatic heterocycles. The first kappa shape index (κ1) is 25.8. The van der Waals surface area contributed by atoms with Crippen molar-refractivity contribution in [2.45, 2.75) is 111 Å². The van der Waals surface area contributed by atoms with E-state index in [-0.39, 0.29) is 6.10 Å². The average Bonchev–Trinajstić information content (AvgIpc) is 3.12. The summed E-state index contributed by atoms with van der Waals surface area (Å²) in [6, 6.07) is 2.40. The van der Waals surface area contributed by atoms with Crippen molar-refractivity contribution in [2.75, 3.05) is 0 Å². The monoisotopic (exact) mass is 451 g/mol. The number of rotatable bonds is 9. The van der Waals surface area contributed by atoms with Gasteiger partial charge < -0.3 is 4.74 Å². The highest BCUT2D eigenvalue weighted by Gasteiger charge is 2.50. The first-order valence-electron chi connectivity index (χ1n) is 13.4. The summed E-state index contributed by atoms with van der Waals surface area (Å²) < 4.78 is 5.29. The summed E-state index contributed by atoms with van der Waals surface area (Å²) in [6.07, 6.45) is 15.5. The molecule has 3 rings (SSSR count). The zero-order valence-electron chi connectivity index (χ0n) is 21.5. The van der Waals surface area contributed by atoms with Gasteiger partial charge in [0.2, 0.25) is 0 Å². The van der Waals surface area contributed by atoms with Crippen LogP contribution in [0.3, 0.4) is 0 Å². The predicted octanol–water partition coefficient (Wildman–Crippen LogP) is 8.08. The Bertz CT molecular complexity index is 814. The smallest absolute Gasteiger partial charge is 0.293 e. The van der Waals surface area contributed by atoms with Crippen molar-refractivity contribution in [1.29, 1.82) is 5.26 Å². The van der Waals surface area contributed by atoms with Gasteiger partial charge in [-0.3, -0.25) is 4.79 Å². The lowest BCUT2D eigenvalue weighted by atomic mass is 9.60. The van der Waals surface area contributed by atoms with Crippen LogP contribution in [-0.4, -0.2) is 12.6 Å². The summed E-state index contributed by atoms with van der Waals surface area (Å²) in [5, 5.41) is 9.60. The number of nitriles is 1. The van der Waals surface area contributed by atoms with Crippen LogP contribution in [-0.2, 0) is 9.53 Å². The van der Waals surface area contributed by atoms with Gasteiger partial charge in [-0.15, -0.1) is 0 Å². The largest absolute Gasteiger partial charge is 0.464 e. The Hall–Kier alpha value is -1.82. The third kappa shape index (κ3) is 6.00. The first-order valence-corrected chi connectivity index (χ1v) is 13.4. The molecular weight excluding hydrogens is 406 g/mol. The second kappa shape index (κ2) is 11.5. The highest BCUT2D eigenvalue weighted by atomic mass is 16.5. The third-order valence-corrected chi connectivity index (χ3v) is 9.06. The van der Waals surface area contributed by atoms with Crippen molar-refractivity contribution < 1.29 is 9.53 Å². The molecule has 0 N–H and O–H groups in total. The predicted molar refractivity (Wildman–Crippen MR) is 135 cm³/mol. The van der Waals surface area contributed by atoms with Gasteiger partial charge in [-0.25, -0.2) is 0 Å². The summed E-state index contributed by atoms with van der Waals surface area (Å²) >= 11 is 0. The van der Waals surface area contributed by atoms with Crippen molar-refractivity contribution >= 4 is 6.47 Å². The zero-order valence-corrected chi connectivity index (χ0v) is 21.5. The summed E-state index contributed by atoms with van der Waals surface area (Å²) in [7, 11) is 0. The van der Waals surface area contributed by atoms with Crippen LogP contribution < -0.4 is 0 Å². The van der Waals surface area contributed by atoms with E-state index in [1.807, 2.05) is 0 Å². The number of ether oxygens (including phenoxy) is 1.